The Balaban J connectivity index is 1.93. The van der Waals surface area contributed by atoms with Crippen LogP contribution in [0.3, 0.4) is 0 Å². The number of hydrogen-bond donors (Lipinski definition) is 1. The van der Waals surface area contributed by atoms with Crippen molar-refractivity contribution in [3.05, 3.63) is 42.1 Å². The van der Waals surface area contributed by atoms with Crippen LogP contribution in [-0.2, 0) is 6.18 Å². The lowest BCUT2D eigenvalue weighted by Crippen LogP contribution is -2.28. The molecule has 0 fully saturated rings. The fraction of sp³-hybridized carbons (Fsp3) is 0.235. The molecule has 0 saturated carbocycles. The molecule has 4 rings (SSSR count). The van der Waals surface area contributed by atoms with E-state index in [9.17, 15) is 13.2 Å². The van der Waals surface area contributed by atoms with E-state index in [0.29, 0.717) is 28.6 Å². The number of likely N-dealkylation sites (N-methyl/N-ethyl adjacent to an activating group) is 1. The summed E-state index contributed by atoms with van der Waals surface area (Å²) in [6.07, 6.45) is -2.87. The third kappa shape index (κ3) is 2.36. The topological polar surface area (TPSA) is 41.1 Å². The zero-order valence-electron chi connectivity index (χ0n) is 12.8. The number of aromatic amines is 1. The molecule has 0 atom stereocenters. The SMILES string of the molecule is CN1CCOc2ccc(-c3cc(C(F)(F)F)cc4[nH]ncc34)cc21. The van der Waals surface area contributed by atoms with Crippen LogP contribution in [0.25, 0.3) is 22.0 Å². The van der Waals surface area contributed by atoms with Crippen molar-refractivity contribution in [3.8, 4) is 16.9 Å². The standard InChI is InChI=1S/C17H14F3N3O/c1-23-4-5-24-16-3-2-10(6-15(16)23)12-7-11(17(18,19)20)8-14-13(12)9-21-22-14/h2-3,6-9H,4-5H2,1H3,(H,21,22). The minimum Gasteiger partial charge on any atom is -0.490 e. The van der Waals surface area contributed by atoms with Gasteiger partial charge in [0.05, 0.1) is 29.5 Å². The van der Waals surface area contributed by atoms with Gasteiger partial charge in [-0.1, -0.05) is 6.07 Å². The third-order valence-electron chi connectivity index (χ3n) is 4.25. The number of rotatable bonds is 1. The van der Waals surface area contributed by atoms with E-state index in [1.54, 1.807) is 18.3 Å². The van der Waals surface area contributed by atoms with Crippen molar-refractivity contribution in [3.63, 3.8) is 0 Å². The molecule has 1 N–H and O–H groups in total. The molecule has 1 aliphatic rings. The fourth-order valence-electron chi connectivity index (χ4n) is 2.97. The number of alkyl halides is 3. The van der Waals surface area contributed by atoms with Crippen LogP contribution >= 0.6 is 0 Å². The average molecular weight is 333 g/mol. The van der Waals surface area contributed by atoms with Crippen molar-refractivity contribution >= 4 is 16.6 Å². The molecule has 0 radical (unpaired) electrons. The summed E-state index contributed by atoms with van der Waals surface area (Å²) in [6.45, 7) is 1.33. The van der Waals surface area contributed by atoms with Crippen LogP contribution in [-0.4, -0.2) is 30.4 Å². The number of benzene rings is 2. The van der Waals surface area contributed by atoms with Gasteiger partial charge in [-0.3, -0.25) is 5.10 Å². The predicted molar refractivity (Wildman–Crippen MR) is 85.3 cm³/mol. The zero-order valence-corrected chi connectivity index (χ0v) is 12.8. The van der Waals surface area contributed by atoms with E-state index in [2.05, 4.69) is 10.2 Å². The summed E-state index contributed by atoms with van der Waals surface area (Å²) < 4.78 is 45.2. The summed E-state index contributed by atoms with van der Waals surface area (Å²) in [5.74, 6) is 0.739. The fourth-order valence-corrected chi connectivity index (χ4v) is 2.97. The molecule has 1 aliphatic heterocycles. The smallest absolute Gasteiger partial charge is 0.416 e. The third-order valence-corrected chi connectivity index (χ3v) is 4.25. The normalized spacial score (nSPS) is 14.6. The Morgan fingerprint density at radius 2 is 2.04 bits per heavy atom. The molecule has 0 spiro atoms. The summed E-state index contributed by atoms with van der Waals surface area (Å²) in [4.78, 5) is 2.03. The van der Waals surface area contributed by atoms with Gasteiger partial charge in [-0.15, -0.1) is 0 Å². The average Bonchev–Trinajstić information content (AvgIpc) is 3.02. The molecule has 7 heteroatoms. The Morgan fingerprint density at radius 3 is 2.83 bits per heavy atom. The molecule has 0 aliphatic carbocycles. The number of hydrogen-bond acceptors (Lipinski definition) is 3. The van der Waals surface area contributed by atoms with Gasteiger partial charge in [0.15, 0.2) is 0 Å². The summed E-state index contributed by atoms with van der Waals surface area (Å²) >= 11 is 0. The molecule has 1 aromatic heterocycles. The molecule has 0 unspecified atom stereocenters. The van der Waals surface area contributed by atoms with Gasteiger partial charge < -0.3 is 9.64 Å². The minimum atomic E-state index is -4.41. The van der Waals surface area contributed by atoms with Gasteiger partial charge in [-0.05, 0) is 35.4 Å². The van der Waals surface area contributed by atoms with Crippen molar-refractivity contribution < 1.29 is 17.9 Å². The molecule has 0 saturated heterocycles. The highest BCUT2D eigenvalue weighted by Crippen LogP contribution is 2.40. The van der Waals surface area contributed by atoms with E-state index >= 15 is 0 Å². The summed E-state index contributed by atoms with van der Waals surface area (Å²) in [6, 6.07) is 7.69. The molecule has 4 nitrogen and oxygen atoms in total. The van der Waals surface area contributed by atoms with Crippen molar-refractivity contribution in [2.45, 2.75) is 6.18 Å². The zero-order chi connectivity index (χ0) is 16.9. The van der Waals surface area contributed by atoms with Crippen LogP contribution in [0, 0.1) is 0 Å². The van der Waals surface area contributed by atoms with Crippen LogP contribution in [0.1, 0.15) is 5.56 Å². The number of ether oxygens (including phenoxy) is 1. The highest BCUT2D eigenvalue weighted by atomic mass is 19.4. The lowest BCUT2D eigenvalue weighted by atomic mass is 9.98. The molecule has 2 heterocycles. The second-order valence-corrected chi connectivity index (χ2v) is 5.81. The van der Waals surface area contributed by atoms with Crippen molar-refractivity contribution in [2.24, 2.45) is 0 Å². The van der Waals surface area contributed by atoms with E-state index in [1.165, 1.54) is 6.07 Å². The van der Waals surface area contributed by atoms with Crippen LogP contribution in [0.2, 0.25) is 0 Å². The Bertz CT molecular complexity index is 917. The number of H-pyrrole nitrogens is 1. The number of aromatic nitrogens is 2. The number of nitrogens with zero attached hydrogens (tertiary/aromatic N) is 2. The second kappa shape index (κ2) is 5.15. The Morgan fingerprint density at radius 1 is 1.21 bits per heavy atom. The quantitative estimate of drug-likeness (QED) is 0.730. The number of fused-ring (bicyclic) bond motifs is 2. The van der Waals surface area contributed by atoms with Gasteiger partial charge in [0.2, 0.25) is 0 Å². The molecule has 3 aromatic rings. The van der Waals surface area contributed by atoms with Gasteiger partial charge in [-0.25, -0.2) is 0 Å². The van der Waals surface area contributed by atoms with Gasteiger partial charge >= 0.3 is 6.18 Å². The number of nitrogens with one attached hydrogen (secondary N) is 1. The largest absolute Gasteiger partial charge is 0.490 e. The maximum absolute atomic E-state index is 13.2. The van der Waals surface area contributed by atoms with Gasteiger partial charge in [0.25, 0.3) is 0 Å². The Kier molecular flexibility index (Phi) is 3.19. The Hall–Kier alpha value is -2.70. The minimum absolute atomic E-state index is 0.363. The first-order chi connectivity index (χ1) is 11.4. The van der Waals surface area contributed by atoms with Gasteiger partial charge in [0, 0.05) is 12.4 Å². The van der Waals surface area contributed by atoms with Crippen molar-refractivity contribution in [1.82, 2.24) is 10.2 Å². The number of anilines is 1. The molecular weight excluding hydrogens is 319 g/mol. The molecule has 124 valence electrons. The van der Waals surface area contributed by atoms with E-state index in [0.717, 1.165) is 24.0 Å². The molecule has 24 heavy (non-hydrogen) atoms. The summed E-state index contributed by atoms with van der Waals surface area (Å²) in [7, 11) is 1.94. The van der Waals surface area contributed by atoms with Crippen molar-refractivity contribution in [2.75, 3.05) is 25.1 Å². The first-order valence-electron chi connectivity index (χ1n) is 7.46. The van der Waals surface area contributed by atoms with Crippen LogP contribution in [0.15, 0.2) is 36.5 Å². The molecule has 0 bridgehead atoms. The molecule has 2 aromatic carbocycles. The molecule has 0 amide bonds. The van der Waals surface area contributed by atoms with Crippen LogP contribution in [0.4, 0.5) is 18.9 Å². The van der Waals surface area contributed by atoms with Crippen LogP contribution in [0.5, 0.6) is 5.75 Å². The summed E-state index contributed by atoms with van der Waals surface area (Å²) in [5, 5.41) is 7.17. The highest BCUT2D eigenvalue weighted by molar-refractivity contribution is 5.96. The number of halogens is 3. The second-order valence-electron chi connectivity index (χ2n) is 5.81. The first kappa shape index (κ1) is 14.9. The molecular formula is C17H14F3N3O. The monoisotopic (exact) mass is 333 g/mol. The highest BCUT2D eigenvalue weighted by Gasteiger charge is 2.32. The first-order valence-corrected chi connectivity index (χ1v) is 7.46. The maximum Gasteiger partial charge on any atom is 0.416 e. The van der Waals surface area contributed by atoms with E-state index in [-0.39, 0.29) is 0 Å². The maximum atomic E-state index is 13.2. The van der Waals surface area contributed by atoms with Gasteiger partial charge in [-0.2, -0.15) is 18.3 Å². The summed E-state index contributed by atoms with van der Waals surface area (Å²) in [5.41, 5.74) is 1.73. The van der Waals surface area contributed by atoms with E-state index < -0.39 is 11.7 Å². The van der Waals surface area contributed by atoms with Crippen molar-refractivity contribution in [1.29, 1.82) is 0 Å². The lowest BCUT2D eigenvalue weighted by Gasteiger charge is -2.28. The van der Waals surface area contributed by atoms with Crippen LogP contribution < -0.4 is 9.64 Å². The Labute approximate surface area is 135 Å². The van der Waals surface area contributed by atoms with E-state index in [4.69, 9.17) is 4.74 Å². The predicted octanol–water partition coefficient (Wildman–Crippen LogP) is 4.08. The van der Waals surface area contributed by atoms with Gasteiger partial charge in [0.1, 0.15) is 12.4 Å². The van der Waals surface area contributed by atoms with E-state index in [1.807, 2.05) is 18.0 Å². The lowest BCUT2D eigenvalue weighted by molar-refractivity contribution is -0.137.